The van der Waals surface area contributed by atoms with Gasteiger partial charge in [-0.25, -0.2) is 10.2 Å². The van der Waals surface area contributed by atoms with Crippen LogP contribution in [0.3, 0.4) is 0 Å². The first-order valence-electron chi connectivity index (χ1n) is 24.0. The lowest BCUT2D eigenvalue weighted by molar-refractivity contribution is -0.155. The van der Waals surface area contributed by atoms with Gasteiger partial charge in [0, 0.05) is 74.8 Å². The fourth-order valence-corrected chi connectivity index (χ4v) is 10.1. The molecule has 0 unspecified atom stereocenters. The number of amides is 4. The van der Waals surface area contributed by atoms with E-state index in [1.54, 1.807) is 46.3 Å². The summed E-state index contributed by atoms with van der Waals surface area (Å²) in [7, 11) is 3.25. The maximum absolute atomic E-state index is 14.8. The van der Waals surface area contributed by atoms with Crippen LogP contribution >= 0.6 is 0 Å². The number of ether oxygens (including phenoxy) is 3. The number of phenols is 1. The van der Waals surface area contributed by atoms with Gasteiger partial charge in [0.1, 0.15) is 23.9 Å². The van der Waals surface area contributed by atoms with E-state index in [1.165, 1.54) is 14.8 Å². The third-order valence-electron chi connectivity index (χ3n) is 13.5. The van der Waals surface area contributed by atoms with Gasteiger partial charge in [0.15, 0.2) is 0 Å². The number of aromatic nitrogens is 2. The molecular weight excluding hydrogens is 867 g/mol. The second-order valence-electron chi connectivity index (χ2n) is 20.0. The highest BCUT2D eigenvalue weighted by molar-refractivity contribution is 5.96. The zero-order chi connectivity index (χ0) is 49.2. The maximum Gasteiger partial charge on any atom is 0.410 e. The molecule has 3 aliphatic heterocycles. The van der Waals surface area contributed by atoms with Crippen LogP contribution in [0.15, 0.2) is 54.7 Å². The first-order chi connectivity index (χ1) is 32.3. The Hall–Kier alpha value is -6.00. The summed E-state index contributed by atoms with van der Waals surface area (Å²) in [6.45, 7) is 17.0. The van der Waals surface area contributed by atoms with Crippen LogP contribution in [0, 0.1) is 17.3 Å². The van der Waals surface area contributed by atoms with E-state index in [0.29, 0.717) is 49.9 Å². The number of nitrogens with zero attached hydrogens (tertiary/aromatic N) is 5. The van der Waals surface area contributed by atoms with Crippen molar-refractivity contribution in [3.05, 3.63) is 71.5 Å². The van der Waals surface area contributed by atoms with Gasteiger partial charge in [0.2, 0.25) is 11.8 Å². The van der Waals surface area contributed by atoms with Gasteiger partial charge < -0.3 is 39.0 Å². The molecule has 7 rings (SSSR count). The van der Waals surface area contributed by atoms with Gasteiger partial charge in [-0.05, 0) is 118 Å². The number of likely N-dealkylation sites (N-methyl/N-ethyl adjacent to an activating group) is 1. The molecule has 16 heteroatoms. The number of cyclic esters (lactones) is 1. The van der Waals surface area contributed by atoms with Gasteiger partial charge in [0.05, 0.1) is 36.1 Å². The van der Waals surface area contributed by atoms with Gasteiger partial charge in [-0.1, -0.05) is 39.8 Å². The summed E-state index contributed by atoms with van der Waals surface area (Å²) in [4.78, 5) is 77.7. The van der Waals surface area contributed by atoms with Crippen LogP contribution in [0.25, 0.3) is 33.3 Å². The molecule has 68 heavy (non-hydrogen) atoms. The Morgan fingerprint density at radius 3 is 2.50 bits per heavy atom. The quantitative estimate of drug-likeness (QED) is 0.142. The third-order valence-corrected chi connectivity index (χ3v) is 13.5. The van der Waals surface area contributed by atoms with Crippen molar-refractivity contribution in [2.75, 3.05) is 40.4 Å². The molecule has 0 saturated carbocycles. The summed E-state index contributed by atoms with van der Waals surface area (Å²) in [5.41, 5.74) is 9.51. The minimum Gasteiger partial charge on any atom is -0.508 e. The average Bonchev–Trinajstić information content (AvgIpc) is 3.92. The number of aromatic hydroxyl groups is 1. The van der Waals surface area contributed by atoms with Crippen molar-refractivity contribution in [3.8, 4) is 28.1 Å². The summed E-state index contributed by atoms with van der Waals surface area (Å²) in [5.74, 6) is -2.70. The Bertz CT molecular complexity index is 2530. The predicted molar refractivity (Wildman–Crippen MR) is 258 cm³/mol. The number of aryl methyl sites for hydroxylation is 1. The third kappa shape index (κ3) is 10.7. The topological polar surface area (TPSA) is 185 Å². The molecular formula is C52H69N7O9. The van der Waals surface area contributed by atoms with E-state index < -0.39 is 53.3 Å². The summed E-state index contributed by atoms with van der Waals surface area (Å²) in [6.07, 6.45) is 2.58. The molecule has 3 aliphatic rings. The molecule has 366 valence electrons. The maximum atomic E-state index is 14.8. The van der Waals surface area contributed by atoms with Crippen molar-refractivity contribution in [2.45, 2.75) is 124 Å². The summed E-state index contributed by atoms with van der Waals surface area (Å²) in [6, 6.07) is 12.5. The zero-order valence-electron chi connectivity index (χ0n) is 41.3. The SMILES string of the molecule is CCn1c(-c2cccnc2[C@H](C)OC)c2c3cc(ccc31)-c1cc(O)cc(c1)C[C@H](NC(=O)[C@H](C(C)C)N(C)C(=O)[C@H]1CCN(C(=O)OC(C)C)C1)C(=O)N1CCC[C@H](N1)C(=O)OCC(C)(C)C2. The Morgan fingerprint density at radius 2 is 1.79 bits per heavy atom. The first-order valence-corrected chi connectivity index (χ1v) is 24.0. The first kappa shape index (κ1) is 49.9. The van der Waals surface area contributed by atoms with E-state index in [0.717, 1.165) is 39.0 Å². The van der Waals surface area contributed by atoms with Crippen molar-refractivity contribution in [1.82, 2.24) is 35.1 Å². The van der Waals surface area contributed by atoms with E-state index in [2.05, 4.69) is 54.3 Å². The summed E-state index contributed by atoms with van der Waals surface area (Å²) < 4.78 is 19.6. The lowest BCUT2D eigenvalue weighted by Crippen LogP contribution is -2.62. The number of esters is 1. The number of carbonyl (C=O) groups excluding carboxylic acids is 5. The van der Waals surface area contributed by atoms with E-state index in [9.17, 15) is 29.1 Å². The highest BCUT2D eigenvalue weighted by Gasteiger charge is 2.41. The second kappa shape index (κ2) is 20.7. The van der Waals surface area contributed by atoms with E-state index in [4.69, 9.17) is 19.2 Å². The molecule has 5 atom stereocenters. The Kier molecular flexibility index (Phi) is 15.2. The lowest BCUT2D eigenvalue weighted by Gasteiger charge is -2.37. The average molecular weight is 936 g/mol. The number of carbonyl (C=O) groups is 5. The molecule has 4 amide bonds. The zero-order valence-corrected chi connectivity index (χ0v) is 41.3. The number of phenolic OH excluding ortho intramolecular Hbond substituents is 1. The van der Waals surface area contributed by atoms with Crippen LogP contribution in [0.2, 0.25) is 0 Å². The number of fused-ring (bicyclic) bond motifs is 6. The standard InChI is InChI=1S/C52H69N7O9/c1-11-58-43-17-16-34-26-39(43)40(46(58)38-14-12-19-53-44(38)32(6)66-10)27-52(7,8)29-67-50(64)41-15-13-20-59(55-41)49(63)42(24-33-22-36(34)25-37(60)23-33)54-47(61)45(30(2)3)56(9)48(62)35-18-21-57(28-35)51(65)68-31(4)5/h12,14,16-17,19,22-23,25-26,30-32,35,41-42,45,55,60H,11,13,15,18,20-21,24,27-29H2,1-10H3,(H,54,61)/t32-,35-,41-,42-,45-/m0/s1. The molecule has 2 aromatic carbocycles. The number of hydrogen-bond donors (Lipinski definition) is 3. The van der Waals surface area contributed by atoms with Crippen LogP contribution in [0.5, 0.6) is 5.75 Å². The van der Waals surface area contributed by atoms with Crippen molar-refractivity contribution < 1.29 is 43.3 Å². The van der Waals surface area contributed by atoms with Crippen LogP contribution < -0.4 is 10.7 Å². The molecule has 4 aromatic rings. The number of rotatable bonds is 10. The molecule has 2 fully saturated rings. The van der Waals surface area contributed by atoms with E-state index in [1.807, 2.05) is 39.0 Å². The molecule has 6 bridgehead atoms. The summed E-state index contributed by atoms with van der Waals surface area (Å²) in [5, 5.41) is 16.7. The van der Waals surface area contributed by atoms with Gasteiger partial charge in [-0.2, -0.15) is 0 Å². The largest absolute Gasteiger partial charge is 0.508 e. The molecule has 5 heterocycles. The highest BCUT2D eigenvalue weighted by atomic mass is 16.6. The molecule has 3 N–H and O–H groups in total. The fraction of sp³-hybridized carbons (Fsp3) is 0.538. The normalized spacial score (nSPS) is 20.8. The fourth-order valence-electron chi connectivity index (χ4n) is 10.1. The number of methoxy groups -OCH3 is 1. The number of benzene rings is 2. The van der Waals surface area contributed by atoms with Crippen molar-refractivity contribution in [3.63, 3.8) is 0 Å². The van der Waals surface area contributed by atoms with Gasteiger partial charge >= 0.3 is 12.1 Å². The molecule has 0 aliphatic carbocycles. The minimum absolute atomic E-state index is 0.0153. The number of pyridine rings is 1. The van der Waals surface area contributed by atoms with Crippen LogP contribution in [-0.4, -0.2) is 124 Å². The smallest absolute Gasteiger partial charge is 0.410 e. The highest BCUT2D eigenvalue weighted by Crippen LogP contribution is 2.42. The monoisotopic (exact) mass is 936 g/mol. The Balaban J connectivity index is 1.29. The predicted octanol–water partition coefficient (Wildman–Crippen LogP) is 6.80. The number of likely N-dealkylation sites (tertiary alicyclic amines) is 1. The Labute approximate surface area is 399 Å². The van der Waals surface area contributed by atoms with Gasteiger partial charge in [-0.15, -0.1) is 0 Å². The molecule has 0 spiro atoms. The number of hydrazine groups is 1. The number of hydrogen-bond acceptors (Lipinski definition) is 11. The molecule has 2 saturated heterocycles. The van der Waals surface area contributed by atoms with Crippen LogP contribution in [-0.2, 0) is 52.8 Å². The van der Waals surface area contributed by atoms with Crippen molar-refractivity contribution >= 4 is 40.7 Å². The van der Waals surface area contributed by atoms with Gasteiger partial charge in [-0.3, -0.25) is 29.2 Å². The molecule has 0 radical (unpaired) electrons. The Morgan fingerprint density at radius 1 is 1.03 bits per heavy atom. The molecule has 16 nitrogen and oxygen atoms in total. The van der Waals surface area contributed by atoms with Crippen molar-refractivity contribution in [1.29, 1.82) is 0 Å². The van der Waals surface area contributed by atoms with Crippen LogP contribution in [0.1, 0.15) is 97.6 Å². The molecule has 2 aromatic heterocycles. The lowest BCUT2D eigenvalue weighted by atomic mass is 9.84. The minimum atomic E-state index is -1.17. The van der Waals surface area contributed by atoms with E-state index >= 15 is 0 Å². The second-order valence-corrected chi connectivity index (χ2v) is 20.0. The number of nitrogens with one attached hydrogen (secondary N) is 2. The van der Waals surface area contributed by atoms with E-state index in [-0.39, 0.29) is 55.9 Å². The van der Waals surface area contributed by atoms with Crippen molar-refractivity contribution in [2.24, 2.45) is 17.3 Å². The summed E-state index contributed by atoms with van der Waals surface area (Å²) >= 11 is 0. The van der Waals surface area contributed by atoms with Gasteiger partial charge in [0.25, 0.3) is 5.91 Å². The van der Waals surface area contributed by atoms with Crippen LogP contribution in [0.4, 0.5) is 4.79 Å².